The first-order valence-electron chi connectivity index (χ1n) is 8.19. The second kappa shape index (κ2) is 7.53. The highest BCUT2D eigenvalue weighted by Gasteiger charge is 2.17. The summed E-state index contributed by atoms with van der Waals surface area (Å²) in [6.45, 7) is 4.28. The third kappa shape index (κ3) is 3.52. The minimum absolute atomic E-state index is 0.128. The lowest BCUT2D eigenvalue weighted by Crippen LogP contribution is -2.23. The van der Waals surface area contributed by atoms with Crippen LogP contribution in [0.4, 0.5) is 0 Å². The van der Waals surface area contributed by atoms with Crippen LogP contribution < -0.4 is 10.6 Å². The minimum atomic E-state index is -0.129. The van der Waals surface area contributed by atoms with Crippen LogP contribution in [0.1, 0.15) is 37.7 Å². The maximum Gasteiger partial charge on any atom is 0.253 e. The normalized spacial score (nSPS) is 10.6. The van der Waals surface area contributed by atoms with Crippen molar-refractivity contribution in [3.05, 3.63) is 70.0 Å². The smallest absolute Gasteiger partial charge is 0.253 e. The molecule has 0 aliphatic rings. The number of aromatic nitrogens is 2. The summed E-state index contributed by atoms with van der Waals surface area (Å²) in [7, 11) is 1.60. The van der Waals surface area contributed by atoms with Gasteiger partial charge in [0.1, 0.15) is 0 Å². The van der Waals surface area contributed by atoms with E-state index in [1.165, 1.54) is 11.3 Å². The molecule has 134 valence electrons. The first-order valence-corrected chi connectivity index (χ1v) is 9.07. The van der Waals surface area contributed by atoms with E-state index >= 15 is 0 Å². The SMILES string of the molecule is CNC(=O)c1ccc(CNC(=O)c2cc(C)n(-c3nccs3)c2C)cc1. The van der Waals surface area contributed by atoms with Crippen molar-refractivity contribution >= 4 is 23.2 Å². The van der Waals surface area contributed by atoms with Crippen molar-refractivity contribution in [1.29, 1.82) is 0 Å². The third-order valence-corrected chi connectivity index (χ3v) is 4.94. The Bertz CT molecular complexity index is 927. The molecule has 26 heavy (non-hydrogen) atoms. The number of benzene rings is 1. The van der Waals surface area contributed by atoms with Gasteiger partial charge in [-0.25, -0.2) is 4.98 Å². The average Bonchev–Trinajstić information content (AvgIpc) is 3.27. The van der Waals surface area contributed by atoms with Gasteiger partial charge in [-0.3, -0.25) is 14.2 Å². The molecule has 0 fully saturated rings. The zero-order valence-electron chi connectivity index (χ0n) is 14.9. The molecule has 7 heteroatoms. The first-order chi connectivity index (χ1) is 12.5. The standard InChI is InChI=1S/C19H20N4O2S/c1-12-10-16(13(2)23(12)19-21-8-9-26-19)18(25)22-11-14-4-6-15(7-5-14)17(24)20-3/h4-10H,11H2,1-3H3,(H,20,24)(H,22,25). The predicted molar refractivity (Wildman–Crippen MR) is 102 cm³/mol. The van der Waals surface area contributed by atoms with E-state index in [2.05, 4.69) is 15.6 Å². The minimum Gasteiger partial charge on any atom is -0.355 e. The molecule has 2 amide bonds. The molecule has 0 aliphatic carbocycles. The Morgan fingerprint density at radius 2 is 1.88 bits per heavy atom. The van der Waals surface area contributed by atoms with Crippen LogP contribution in [0.15, 0.2) is 41.9 Å². The lowest BCUT2D eigenvalue weighted by Gasteiger charge is -2.08. The van der Waals surface area contributed by atoms with E-state index in [9.17, 15) is 9.59 Å². The molecule has 0 unspecified atom stereocenters. The van der Waals surface area contributed by atoms with E-state index in [0.717, 1.165) is 22.1 Å². The number of hydrogen-bond acceptors (Lipinski definition) is 4. The van der Waals surface area contributed by atoms with Crippen molar-refractivity contribution in [1.82, 2.24) is 20.2 Å². The number of carbonyl (C=O) groups excluding carboxylic acids is 2. The monoisotopic (exact) mass is 368 g/mol. The molecule has 1 aromatic carbocycles. The lowest BCUT2D eigenvalue weighted by atomic mass is 10.1. The molecule has 0 saturated heterocycles. The van der Waals surface area contributed by atoms with Crippen molar-refractivity contribution in [2.75, 3.05) is 7.05 Å². The average molecular weight is 368 g/mol. The molecule has 0 aliphatic heterocycles. The van der Waals surface area contributed by atoms with Gasteiger partial charge in [-0.1, -0.05) is 12.1 Å². The number of nitrogens with one attached hydrogen (secondary N) is 2. The molecular formula is C19H20N4O2S. The Labute approximate surface area is 155 Å². The van der Waals surface area contributed by atoms with Gasteiger partial charge in [0.05, 0.1) is 5.56 Å². The van der Waals surface area contributed by atoms with Crippen LogP contribution in [0, 0.1) is 13.8 Å². The molecule has 2 N–H and O–H groups in total. The van der Waals surface area contributed by atoms with E-state index in [-0.39, 0.29) is 11.8 Å². The topological polar surface area (TPSA) is 76.0 Å². The number of hydrogen-bond donors (Lipinski definition) is 2. The fourth-order valence-corrected chi connectivity index (χ4v) is 3.56. The summed E-state index contributed by atoms with van der Waals surface area (Å²) in [5.41, 5.74) is 4.00. The summed E-state index contributed by atoms with van der Waals surface area (Å²) in [4.78, 5) is 28.5. The Hall–Kier alpha value is -2.93. The van der Waals surface area contributed by atoms with Crippen molar-refractivity contribution in [3.8, 4) is 5.13 Å². The van der Waals surface area contributed by atoms with E-state index < -0.39 is 0 Å². The number of carbonyl (C=O) groups is 2. The molecule has 3 rings (SSSR count). The molecule has 0 radical (unpaired) electrons. The first kappa shape index (κ1) is 17.9. The number of rotatable bonds is 5. The van der Waals surface area contributed by atoms with Crippen LogP contribution >= 0.6 is 11.3 Å². The summed E-state index contributed by atoms with van der Waals surface area (Å²) in [5, 5.41) is 8.28. The molecule has 2 heterocycles. The van der Waals surface area contributed by atoms with Crippen LogP contribution in [-0.4, -0.2) is 28.4 Å². The molecule has 2 aromatic heterocycles. The molecule has 0 spiro atoms. The van der Waals surface area contributed by atoms with Gasteiger partial charge in [0, 0.05) is 42.1 Å². The number of thiazole rings is 1. The van der Waals surface area contributed by atoms with Crippen LogP contribution in [0.3, 0.4) is 0 Å². The van der Waals surface area contributed by atoms with Gasteiger partial charge >= 0.3 is 0 Å². The molecule has 3 aromatic rings. The molecule has 6 nitrogen and oxygen atoms in total. The van der Waals surface area contributed by atoms with Gasteiger partial charge in [0.25, 0.3) is 11.8 Å². The Kier molecular flexibility index (Phi) is 5.18. The maximum atomic E-state index is 12.6. The van der Waals surface area contributed by atoms with Crippen molar-refractivity contribution in [2.45, 2.75) is 20.4 Å². The van der Waals surface area contributed by atoms with E-state index in [1.54, 1.807) is 25.4 Å². The van der Waals surface area contributed by atoms with Gasteiger partial charge in [-0.05, 0) is 37.6 Å². The van der Waals surface area contributed by atoms with Gasteiger partial charge in [-0.15, -0.1) is 11.3 Å². The zero-order valence-corrected chi connectivity index (χ0v) is 15.7. The molecular weight excluding hydrogens is 348 g/mol. The third-order valence-electron chi connectivity index (χ3n) is 4.18. The summed E-state index contributed by atoms with van der Waals surface area (Å²) < 4.78 is 1.98. The number of nitrogens with zero attached hydrogens (tertiary/aromatic N) is 2. The highest BCUT2D eigenvalue weighted by molar-refractivity contribution is 7.12. The summed E-state index contributed by atoms with van der Waals surface area (Å²) in [6, 6.07) is 9.04. The highest BCUT2D eigenvalue weighted by atomic mass is 32.1. The highest BCUT2D eigenvalue weighted by Crippen LogP contribution is 2.22. The molecule has 0 bridgehead atoms. The Balaban J connectivity index is 1.71. The number of aryl methyl sites for hydroxylation is 1. The van der Waals surface area contributed by atoms with Crippen molar-refractivity contribution < 1.29 is 9.59 Å². The van der Waals surface area contributed by atoms with Gasteiger partial charge in [-0.2, -0.15) is 0 Å². The van der Waals surface area contributed by atoms with Crippen LogP contribution in [-0.2, 0) is 6.54 Å². The zero-order chi connectivity index (χ0) is 18.7. The van der Waals surface area contributed by atoms with E-state index in [1.807, 2.05) is 42.0 Å². The van der Waals surface area contributed by atoms with E-state index in [0.29, 0.717) is 17.7 Å². The Morgan fingerprint density at radius 1 is 1.15 bits per heavy atom. The van der Waals surface area contributed by atoms with Crippen molar-refractivity contribution in [2.24, 2.45) is 0 Å². The lowest BCUT2D eigenvalue weighted by molar-refractivity contribution is 0.0945. The van der Waals surface area contributed by atoms with E-state index in [4.69, 9.17) is 0 Å². The fourth-order valence-electron chi connectivity index (χ4n) is 2.81. The van der Waals surface area contributed by atoms with Crippen LogP contribution in [0.5, 0.6) is 0 Å². The van der Waals surface area contributed by atoms with Crippen LogP contribution in [0.25, 0.3) is 5.13 Å². The van der Waals surface area contributed by atoms with Gasteiger partial charge in [0.2, 0.25) is 0 Å². The summed E-state index contributed by atoms with van der Waals surface area (Å²) >= 11 is 1.53. The van der Waals surface area contributed by atoms with Crippen LogP contribution in [0.2, 0.25) is 0 Å². The second-order valence-electron chi connectivity index (χ2n) is 5.89. The van der Waals surface area contributed by atoms with Crippen molar-refractivity contribution in [3.63, 3.8) is 0 Å². The predicted octanol–water partition coefficient (Wildman–Crippen LogP) is 2.84. The largest absolute Gasteiger partial charge is 0.355 e. The van der Waals surface area contributed by atoms with Gasteiger partial charge < -0.3 is 10.6 Å². The fraction of sp³-hybridized carbons (Fsp3) is 0.211. The molecule has 0 atom stereocenters. The second-order valence-corrected chi connectivity index (χ2v) is 6.77. The molecule has 0 saturated carbocycles. The summed E-state index contributed by atoms with van der Waals surface area (Å²) in [5.74, 6) is -0.258. The summed E-state index contributed by atoms with van der Waals surface area (Å²) in [6.07, 6.45) is 1.75. The maximum absolute atomic E-state index is 12.6. The Morgan fingerprint density at radius 3 is 2.50 bits per heavy atom. The quantitative estimate of drug-likeness (QED) is 0.727. The van der Waals surface area contributed by atoms with Gasteiger partial charge in [0.15, 0.2) is 5.13 Å². The number of amides is 2.